The Kier molecular flexibility index (Phi) is 10.1. The number of hydrogen-bond donors (Lipinski definition) is 0. The normalized spacial score (nSPS) is 10.6. The molecule has 0 unspecified atom stereocenters. The largest absolute Gasteiger partial charge is 0.337 e. The molecule has 3 aromatic carbocycles. The molecule has 2 aromatic heterocycles. The van der Waals surface area contributed by atoms with Crippen LogP contribution < -0.4 is 0 Å². The van der Waals surface area contributed by atoms with Gasteiger partial charge in [0.15, 0.2) is 0 Å². The molecule has 0 amide bonds. The zero-order valence-corrected chi connectivity index (χ0v) is 24.5. The minimum atomic E-state index is 0. The number of aromatic nitrogens is 3. The fourth-order valence-corrected chi connectivity index (χ4v) is 4.29. The molecule has 2 heterocycles. The van der Waals surface area contributed by atoms with Crippen LogP contribution in [0.3, 0.4) is 0 Å². The maximum Gasteiger partial charge on any atom is 0.0605 e. The van der Waals surface area contributed by atoms with E-state index >= 15 is 0 Å². The summed E-state index contributed by atoms with van der Waals surface area (Å²) in [5.41, 5.74) is 8.19. The van der Waals surface area contributed by atoms with Crippen LogP contribution in [0.2, 0.25) is 0 Å². The Labute approximate surface area is 235 Å². The number of pyridine rings is 1. The summed E-state index contributed by atoms with van der Waals surface area (Å²) in [5.74, 6) is 1.87. The van der Waals surface area contributed by atoms with Gasteiger partial charge in [0.05, 0.1) is 5.82 Å². The molecule has 0 bridgehead atoms. The minimum Gasteiger partial charge on any atom is -0.337 e. The molecule has 0 aliphatic rings. The van der Waals surface area contributed by atoms with Crippen molar-refractivity contribution in [1.82, 2.24) is 14.5 Å². The second-order valence-corrected chi connectivity index (χ2v) is 9.42. The van der Waals surface area contributed by atoms with E-state index in [1.54, 1.807) is 6.20 Å². The van der Waals surface area contributed by atoms with Gasteiger partial charge in [-0.25, -0.2) is 0 Å². The van der Waals surface area contributed by atoms with Crippen molar-refractivity contribution in [3.63, 3.8) is 0 Å². The summed E-state index contributed by atoms with van der Waals surface area (Å²) in [7, 11) is 0. The molecule has 191 valence electrons. The smallest absolute Gasteiger partial charge is 0.0605 e. The van der Waals surface area contributed by atoms with Crippen molar-refractivity contribution in [1.29, 1.82) is 0 Å². The average Bonchev–Trinajstić information content (AvgIpc) is 3.31. The Hall–Kier alpha value is -3.33. The molecule has 0 saturated carbocycles. The number of hydrogen-bond acceptors (Lipinski definition) is 2. The first-order valence-electron chi connectivity index (χ1n) is 12.5. The molecule has 0 aliphatic heterocycles. The van der Waals surface area contributed by atoms with Crippen molar-refractivity contribution >= 4 is 0 Å². The van der Waals surface area contributed by atoms with Crippen LogP contribution in [0.1, 0.15) is 56.4 Å². The topological polar surface area (TPSA) is 30.7 Å². The Morgan fingerprint density at radius 3 is 1.78 bits per heavy atom. The molecule has 0 N–H and O–H groups in total. The number of benzene rings is 3. The molecular weight excluding hydrogens is 631 g/mol. The molecule has 1 radical (unpaired) electrons. The first-order chi connectivity index (χ1) is 17.5. The van der Waals surface area contributed by atoms with Crippen molar-refractivity contribution in [3.05, 3.63) is 126 Å². The van der Waals surface area contributed by atoms with Crippen molar-refractivity contribution in [2.45, 2.75) is 46.5 Å². The van der Waals surface area contributed by atoms with E-state index in [-0.39, 0.29) is 20.1 Å². The summed E-state index contributed by atoms with van der Waals surface area (Å²) < 4.78 is 2.30. The number of imidazole rings is 1. The van der Waals surface area contributed by atoms with Crippen molar-refractivity contribution in [2.24, 2.45) is 0 Å². The summed E-state index contributed by atoms with van der Waals surface area (Å²) in [6.45, 7) is 11.1. The first-order valence-corrected chi connectivity index (χ1v) is 12.5. The summed E-state index contributed by atoms with van der Waals surface area (Å²) in [5, 5.41) is 0. The predicted octanol–water partition coefficient (Wildman–Crippen LogP) is 8.44. The second-order valence-electron chi connectivity index (χ2n) is 9.42. The number of aryl methyl sites for hydroxylation is 1. The Bertz CT molecular complexity index is 1310. The quantitative estimate of drug-likeness (QED) is 0.177. The zero-order valence-electron chi connectivity index (χ0n) is 22.1. The van der Waals surface area contributed by atoms with E-state index in [2.05, 4.69) is 80.6 Å². The molecule has 0 atom stereocenters. The monoisotopic (exact) mass is 664 g/mol. The number of nitrogens with zero attached hydrogens (tertiary/aromatic N) is 3. The molecule has 0 saturated heterocycles. The molecule has 0 aliphatic carbocycles. The second kappa shape index (κ2) is 13.3. The Morgan fingerprint density at radius 2 is 1.27 bits per heavy atom. The molecular formula is C33H33IrN3-2. The fourth-order valence-electron chi connectivity index (χ4n) is 4.29. The molecule has 0 spiro atoms. The first kappa shape index (κ1) is 28.2. The SMILES string of the molecule is Cc1cnc(-c2[c-]cccc2)n1-c1c(C(C)C)cccc1C(C)C.[Ir].[c-]1ccccc1-c1ccccn1. The summed E-state index contributed by atoms with van der Waals surface area (Å²) in [6, 6.07) is 34.8. The third-order valence-electron chi connectivity index (χ3n) is 6.10. The van der Waals surface area contributed by atoms with Crippen LogP contribution in [0.5, 0.6) is 0 Å². The van der Waals surface area contributed by atoms with Gasteiger partial charge in [-0.1, -0.05) is 58.0 Å². The molecule has 37 heavy (non-hydrogen) atoms. The van der Waals surface area contributed by atoms with Crippen molar-refractivity contribution in [3.8, 4) is 28.3 Å². The summed E-state index contributed by atoms with van der Waals surface area (Å²) in [6.07, 6.45) is 3.74. The van der Waals surface area contributed by atoms with E-state index in [9.17, 15) is 0 Å². The van der Waals surface area contributed by atoms with Gasteiger partial charge in [-0.2, -0.15) is 0 Å². The summed E-state index contributed by atoms with van der Waals surface area (Å²) >= 11 is 0. The number of para-hydroxylation sites is 1. The Morgan fingerprint density at radius 1 is 0.676 bits per heavy atom. The third-order valence-corrected chi connectivity index (χ3v) is 6.10. The van der Waals surface area contributed by atoms with Gasteiger partial charge in [0.1, 0.15) is 0 Å². The van der Waals surface area contributed by atoms with Gasteiger partial charge < -0.3 is 9.55 Å². The molecule has 4 heteroatoms. The van der Waals surface area contributed by atoms with Crippen LogP contribution >= 0.6 is 0 Å². The van der Waals surface area contributed by atoms with Crippen LogP contribution in [0.4, 0.5) is 0 Å². The van der Waals surface area contributed by atoms with E-state index in [0.29, 0.717) is 11.8 Å². The Balaban J connectivity index is 0.000000246. The molecule has 5 rings (SSSR count). The van der Waals surface area contributed by atoms with Gasteiger partial charge in [-0.05, 0) is 41.6 Å². The van der Waals surface area contributed by atoms with Gasteiger partial charge in [0, 0.05) is 43.9 Å². The van der Waals surface area contributed by atoms with Crippen LogP contribution in [0.25, 0.3) is 28.3 Å². The van der Waals surface area contributed by atoms with E-state index in [0.717, 1.165) is 28.3 Å². The zero-order chi connectivity index (χ0) is 25.5. The van der Waals surface area contributed by atoms with Gasteiger partial charge in [-0.3, -0.25) is 4.98 Å². The van der Waals surface area contributed by atoms with Gasteiger partial charge in [-0.15, -0.1) is 71.8 Å². The van der Waals surface area contributed by atoms with Crippen LogP contribution in [-0.2, 0) is 20.1 Å². The van der Waals surface area contributed by atoms with Crippen LogP contribution in [-0.4, -0.2) is 14.5 Å². The van der Waals surface area contributed by atoms with Gasteiger partial charge >= 0.3 is 0 Å². The van der Waals surface area contributed by atoms with Gasteiger partial charge in [0.2, 0.25) is 0 Å². The molecule has 3 nitrogen and oxygen atoms in total. The maximum absolute atomic E-state index is 4.69. The van der Waals surface area contributed by atoms with Gasteiger partial charge in [0.25, 0.3) is 0 Å². The van der Waals surface area contributed by atoms with E-state index in [1.807, 2.05) is 66.9 Å². The van der Waals surface area contributed by atoms with E-state index < -0.39 is 0 Å². The molecule has 0 fully saturated rings. The predicted molar refractivity (Wildman–Crippen MR) is 149 cm³/mol. The average molecular weight is 664 g/mol. The molecule has 5 aromatic rings. The van der Waals surface area contributed by atoms with E-state index in [4.69, 9.17) is 4.98 Å². The van der Waals surface area contributed by atoms with Crippen molar-refractivity contribution < 1.29 is 20.1 Å². The third kappa shape index (κ3) is 6.71. The van der Waals surface area contributed by atoms with Crippen molar-refractivity contribution in [2.75, 3.05) is 0 Å². The van der Waals surface area contributed by atoms with E-state index in [1.165, 1.54) is 16.8 Å². The van der Waals surface area contributed by atoms with Crippen LogP contribution in [0.15, 0.2) is 97.3 Å². The fraction of sp³-hybridized carbons (Fsp3) is 0.212. The standard InChI is InChI=1S/C22H25N2.C11H8N.Ir/c1-15(2)19-12-9-13-20(16(3)4)21(19)24-17(5)14-23-22(24)18-10-7-6-8-11-18;1-2-6-10(7-3-1)11-8-4-5-9-12-11;/h6-10,12-16H,1-5H3;1-6,8-9H;/q2*-1;. The number of rotatable bonds is 5. The summed E-state index contributed by atoms with van der Waals surface area (Å²) in [4.78, 5) is 8.91. The maximum atomic E-state index is 4.69. The minimum absolute atomic E-state index is 0. The van der Waals surface area contributed by atoms with Crippen LogP contribution in [0, 0.1) is 19.1 Å².